The molecular formula is C7H12F3N3O2. The molecule has 0 radical (unpaired) electrons. The third-order valence-corrected chi connectivity index (χ3v) is 1.87. The van der Waals surface area contributed by atoms with Gasteiger partial charge in [0.05, 0.1) is 6.04 Å². The number of oxime groups is 1. The van der Waals surface area contributed by atoms with Crippen LogP contribution in [0.5, 0.6) is 0 Å². The van der Waals surface area contributed by atoms with Gasteiger partial charge in [-0.25, -0.2) is 0 Å². The maximum absolute atomic E-state index is 11.9. The van der Waals surface area contributed by atoms with Crippen molar-refractivity contribution in [1.82, 2.24) is 4.90 Å². The van der Waals surface area contributed by atoms with Crippen molar-refractivity contribution in [3.63, 3.8) is 0 Å². The van der Waals surface area contributed by atoms with Crippen molar-refractivity contribution >= 4 is 11.7 Å². The fraction of sp³-hybridized carbons (Fsp3) is 0.714. The first-order chi connectivity index (χ1) is 6.69. The quantitative estimate of drug-likeness (QED) is 0.319. The summed E-state index contributed by atoms with van der Waals surface area (Å²) in [5, 5.41) is 10.9. The summed E-state index contributed by atoms with van der Waals surface area (Å²) in [6.45, 7) is 1.35. The molecule has 0 aliphatic carbocycles. The molecule has 88 valence electrons. The van der Waals surface area contributed by atoms with Gasteiger partial charge >= 0.3 is 6.18 Å². The summed E-state index contributed by atoms with van der Waals surface area (Å²) >= 11 is 0. The lowest BCUT2D eigenvalue weighted by atomic mass is 10.2. The first-order valence-corrected chi connectivity index (χ1v) is 3.99. The van der Waals surface area contributed by atoms with Crippen LogP contribution in [0, 0.1) is 0 Å². The van der Waals surface area contributed by atoms with E-state index in [0.717, 1.165) is 11.9 Å². The Kier molecular flexibility index (Phi) is 4.38. The van der Waals surface area contributed by atoms with Gasteiger partial charge in [0.2, 0.25) is 5.91 Å². The van der Waals surface area contributed by atoms with E-state index in [1.807, 2.05) is 0 Å². The van der Waals surface area contributed by atoms with Crippen LogP contribution >= 0.6 is 0 Å². The molecule has 0 rings (SSSR count). The highest BCUT2D eigenvalue weighted by Gasteiger charge is 2.34. The third kappa shape index (κ3) is 4.52. The fourth-order valence-corrected chi connectivity index (χ4v) is 0.794. The van der Waals surface area contributed by atoms with Gasteiger partial charge in [-0.15, -0.1) is 0 Å². The highest BCUT2D eigenvalue weighted by molar-refractivity contribution is 5.89. The Labute approximate surface area is 84.3 Å². The number of amidine groups is 1. The van der Waals surface area contributed by atoms with Crippen LogP contribution < -0.4 is 5.73 Å². The smallest absolute Gasteiger partial charge is 0.397 e. The summed E-state index contributed by atoms with van der Waals surface area (Å²) in [5.74, 6) is -1.46. The number of hydrogen-bond donors (Lipinski definition) is 2. The van der Waals surface area contributed by atoms with Crippen molar-refractivity contribution in [2.24, 2.45) is 10.9 Å². The number of carbonyl (C=O) groups excluding carboxylic acids is 1. The third-order valence-electron chi connectivity index (χ3n) is 1.87. The average molecular weight is 227 g/mol. The minimum Gasteiger partial charge on any atom is -0.409 e. The molecule has 1 amide bonds. The molecule has 0 bridgehead atoms. The highest BCUT2D eigenvalue weighted by Crippen LogP contribution is 2.20. The van der Waals surface area contributed by atoms with Crippen LogP contribution in [-0.4, -0.2) is 41.1 Å². The molecule has 15 heavy (non-hydrogen) atoms. The molecule has 1 unspecified atom stereocenters. The van der Waals surface area contributed by atoms with Crippen molar-refractivity contribution in [1.29, 1.82) is 0 Å². The molecule has 1 atom stereocenters. The predicted octanol–water partition coefficient (Wildman–Crippen LogP) is 0.532. The molecule has 0 aromatic rings. The lowest BCUT2D eigenvalue weighted by molar-refractivity contribution is -0.160. The highest BCUT2D eigenvalue weighted by atomic mass is 19.4. The molecule has 0 aliphatic heterocycles. The minimum absolute atomic E-state index is 0.326. The van der Waals surface area contributed by atoms with Gasteiger partial charge in [-0.1, -0.05) is 5.16 Å². The maximum atomic E-state index is 11.9. The summed E-state index contributed by atoms with van der Waals surface area (Å²) in [5.41, 5.74) is 5.14. The second-order valence-electron chi connectivity index (χ2n) is 3.00. The van der Waals surface area contributed by atoms with Crippen LogP contribution in [0.25, 0.3) is 0 Å². The van der Waals surface area contributed by atoms with Gasteiger partial charge < -0.3 is 15.8 Å². The number of amides is 1. The fourth-order valence-electron chi connectivity index (χ4n) is 0.794. The Morgan fingerprint density at radius 3 is 2.40 bits per heavy atom. The van der Waals surface area contributed by atoms with Gasteiger partial charge in [0.15, 0.2) is 5.84 Å². The second kappa shape index (κ2) is 4.85. The molecule has 0 aliphatic rings. The molecule has 0 saturated carbocycles. The Morgan fingerprint density at radius 2 is 2.07 bits per heavy atom. The van der Waals surface area contributed by atoms with Crippen molar-refractivity contribution < 1.29 is 23.2 Å². The molecule has 5 nitrogen and oxygen atoms in total. The minimum atomic E-state index is -4.56. The Hall–Kier alpha value is -1.47. The van der Waals surface area contributed by atoms with E-state index in [1.54, 1.807) is 0 Å². The number of rotatable bonds is 3. The number of nitrogens with zero attached hydrogens (tertiary/aromatic N) is 2. The van der Waals surface area contributed by atoms with E-state index in [1.165, 1.54) is 6.92 Å². The number of halogens is 3. The van der Waals surface area contributed by atoms with Crippen LogP contribution in [0.4, 0.5) is 13.2 Å². The van der Waals surface area contributed by atoms with Crippen LogP contribution in [0.2, 0.25) is 0 Å². The molecule has 0 saturated heterocycles. The van der Waals surface area contributed by atoms with Crippen molar-refractivity contribution in [3.05, 3.63) is 0 Å². The van der Waals surface area contributed by atoms with Crippen molar-refractivity contribution in [3.8, 4) is 0 Å². The van der Waals surface area contributed by atoms with Crippen LogP contribution in [-0.2, 0) is 4.79 Å². The standard InChI is InChI=1S/C7H12F3N3O2/c1-4(6(11)12-15)13(2)5(14)3-7(8,9)10/h4,15H,3H2,1-2H3,(H2,11,12). The van der Waals surface area contributed by atoms with Gasteiger partial charge in [-0.05, 0) is 6.92 Å². The van der Waals surface area contributed by atoms with E-state index in [4.69, 9.17) is 10.9 Å². The van der Waals surface area contributed by atoms with Gasteiger partial charge in [-0.3, -0.25) is 4.79 Å². The van der Waals surface area contributed by atoms with E-state index >= 15 is 0 Å². The predicted molar refractivity (Wildman–Crippen MR) is 46.3 cm³/mol. The molecule has 0 aromatic heterocycles. The zero-order valence-corrected chi connectivity index (χ0v) is 8.25. The summed E-state index contributed by atoms with van der Waals surface area (Å²) in [7, 11) is 1.15. The summed E-state index contributed by atoms with van der Waals surface area (Å²) in [6.07, 6.45) is -6.12. The van der Waals surface area contributed by atoms with Crippen molar-refractivity contribution in [2.75, 3.05) is 7.05 Å². The van der Waals surface area contributed by atoms with E-state index < -0.39 is 24.5 Å². The van der Waals surface area contributed by atoms with Gasteiger partial charge in [0.25, 0.3) is 0 Å². The second-order valence-corrected chi connectivity index (χ2v) is 3.00. The normalized spacial score (nSPS) is 14.9. The van der Waals surface area contributed by atoms with Gasteiger partial charge in [-0.2, -0.15) is 13.2 Å². The van der Waals surface area contributed by atoms with E-state index in [9.17, 15) is 18.0 Å². The van der Waals surface area contributed by atoms with Gasteiger partial charge in [0, 0.05) is 7.05 Å². The first kappa shape index (κ1) is 13.5. The van der Waals surface area contributed by atoms with E-state index in [-0.39, 0.29) is 5.84 Å². The first-order valence-electron chi connectivity index (χ1n) is 3.99. The van der Waals surface area contributed by atoms with Crippen LogP contribution in [0.3, 0.4) is 0 Å². The Bertz CT molecular complexity index is 265. The number of carbonyl (C=O) groups is 1. The van der Waals surface area contributed by atoms with Crippen molar-refractivity contribution in [2.45, 2.75) is 25.6 Å². The number of nitrogens with two attached hydrogens (primary N) is 1. The number of likely N-dealkylation sites (N-methyl/N-ethyl adjacent to an activating group) is 1. The molecule has 0 heterocycles. The van der Waals surface area contributed by atoms with E-state index in [0.29, 0.717) is 0 Å². The van der Waals surface area contributed by atoms with Gasteiger partial charge in [0.1, 0.15) is 6.42 Å². The molecular weight excluding hydrogens is 215 g/mol. The van der Waals surface area contributed by atoms with E-state index in [2.05, 4.69) is 5.16 Å². The number of alkyl halides is 3. The summed E-state index contributed by atoms with van der Waals surface area (Å²) in [4.78, 5) is 11.8. The van der Waals surface area contributed by atoms with Crippen LogP contribution in [0.15, 0.2) is 5.16 Å². The Morgan fingerprint density at radius 1 is 1.60 bits per heavy atom. The monoisotopic (exact) mass is 227 g/mol. The summed E-state index contributed by atoms with van der Waals surface area (Å²) in [6, 6.07) is -0.884. The lowest BCUT2D eigenvalue weighted by Crippen LogP contribution is -2.44. The zero-order valence-electron chi connectivity index (χ0n) is 8.25. The molecule has 0 spiro atoms. The average Bonchev–Trinajstić information content (AvgIpc) is 2.11. The number of hydrogen-bond acceptors (Lipinski definition) is 3. The SMILES string of the molecule is CC(C(N)=NO)N(C)C(=O)CC(F)(F)F. The maximum Gasteiger partial charge on any atom is 0.397 e. The lowest BCUT2D eigenvalue weighted by Gasteiger charge is -2.24. The Balaban J connectivity index is 4.46. The molecule has 8 heteroatoms. The largest absolute Gasteiger partial charge is 0.409 e. The molecule has 3 N–H and O–H groups in total. The van der Waals surface area contributed by atoms with Crippen LogP contribution in [0.1, 0.15) is 13.3 Å². The summed E-state index contributed by atoms with van der Waals surface area (Å²) < 4.78 is 35.6. The zero-order chi connectivity index (χ0) is 12.2. The molecule has 0 aromatic carbocycles. The molecule has 0 fully saturated rings. The topological polar surface area (TPSA) is 78.9 Å².